The number of primary amides is 1. The molecule has 6 heteroatoms. The van der Waals surface area contributed by atoms with Crippen molar-refractivity contribution in [2.24, 2.45) is 5.73 Å². The van der Waals surface area contributed by atoms with Crippen LogP contribution in [0.4, 0.5) is 4.79 Å². The number of carbonyl (C=O) groups excluding carboxylic acids is 2. The minimum atomic E-state index is -0.868. The highest BCUT2D eigenvalue weighted by molar-refractivity contribution is 6.34. The average Bonchev–Trinajstić information content (AvgIpc) is 2.27. The Morgan fingerprint density at radius 3 is 2.82 bits per heavy atom. The molecule has 0 saturated heterocycles. The number of amides is 2. The van der Waals surface area contributed by atoms with E-state index in [1.807, 2.05) is 13.0 Å². The maximum atomic E-state index is 11.7. The van der Waals surface area contributed by atoms with Gasteiger partial charge in [0.25, 0.3) is 5.91 Å². The zero-order valence-corrected chi connectivity index (χ0v) is 10.1. The number of benzene rings is 1. The Balaban J connectivity index is 2.53. The molecule has 0 saturated carbocycles. The number of rotatable bonds is 4. The van der Waals surface area contributed by atoms with Gasteiger partial charge in [0.1, 0.15) is 6.61 Å². The normalized spacial score (nSPS) is 9.76. The van der Waals surface area contributed by atoms with Crippen molar-refractivity contribution in [2.45, 2.75) is 6.92 Å². The zero-order chi connectivity index (χ0) is 12.8. The van der Waals surface area contributed by atoms with Crippen LogP contribution in [0.1, 0.15) is 15.9 Å². The molecular formula is C11H13ClN2O3. The fraction of sp³-hybridized carbons (Fsp3) is 0.273. The van der Waals surface area contributed by atoms with Crippen molar-refractivity contribution in [2.75, 3.05) is 13.2 Å². The molecule has 1 rings (SSSR count). The van der Waals surface area contributed by atoms with E-state index in [1.165, 1.54) is 0 Å². The molecule has 0 radical (unpaired) electrons. The number of carbonyl (C=O) groups is 2. The van der Waals surface area contributed by atoms with Crippen molar-refractivity contribution in [1.82, 2.24) is 5.32 Å². The van der Waals surface area contributed by atoms with Gasteiger partial charge in [-0.3, -0.25) is 4.79 Å². The first-order valence-electron chi connectivity index (χ1n) is 4.98. The van der Waals surface area contributed by atoms with Crippen LogP contribution in [0.5, 0.6) is 0 Å². The molecule has 0 spiro atoms. The van der Waals surface area contributed by atoms with Crippen LogP contribution in [0.15, 0.2) is 18.2 Å². The second-order valence-corrected chi connectivity index (χ2v) is 3.74. The van der Waals surface area contributed by atoms with Gasteiger partial charge in [-0.25, -0.2) is 4.79 Å². The molecule has 0 fully saturated rings. The Morgan fingerprint density at radius 2 is 2.18 bits per heavy atom. The summed E-state index contributed by atoms with van der Waals surface area (Å²) in [5, 5.41) is 2.98. The van der Waals surface area contributed by atoms with Gasteiger partial charge in [-0.1, -0.05) is 23.7 Å². The summed E-state index contributed by atoms with van der Waals surface area (Å²) < 4.78 is 4.47. The van der Waals surface area contributed by atoms with Crippen LogP contribution in [-0.4, -0.2) is 25.2 Å². The molecule has 1 aromatic carbocycles. The molecule has 0 bridgehead atoms. The van der Waals surface area contributed by atoms with Gasteiger partial charge in [-0.05, 0) is 18.6 Å². The highest BCUT2D eigenvalue weighted by atomic mass is 35.5. The van der Waals surface area contributed by atoms with Crippen molar-refractivity contribution >= 4 is 23.6 Å². The Hall–Kier alpha value is -1.75. The lowest BCUT2D eigenvalue weighted by atomic mass is 10.1. The third-order valence-corrected chi connectivity index (χ3v) is 2.57. The van der Waals surface area contributed by atoms with E-state index in [4.69, 9.17) is 17.3 Å². The van der Waals surface area contributed by atoms with Gasteiger partial charge >= 0.3 is 6.09 Å². The number of ether oxygens (including phenoxy) is 1. The molecule has 2 amide bonds. The number of hydrogen-bond acceptors (Lipinski definition) is 3. The molecule has 0 unspecified atom stereocenters. The summed E-state index contributed by atoms with van der Waals surface area (Å²) in [5.41, 5.74) is 5.99. The number of nitrogens with two attached hydrogens (primary N) is 1. The van der Waals surface area contributed by atoms with Crippen molar-refractivity contribution in [3.63, 3.8) is 0 Å². The first-order valence-corrected chi connectivity index (χ1v) is 5.35. The van der Waals surface area contributed by atoms with E-state index < -0.39 is 6.09 Å². The van der Waals surface area contributed by atoms with Crippen LogP contribution >= 0.6 is 11.6 Å². The lowest BCUT2D eigenvalue weighted by molar-refractivity contribution is 0.0937. The van der Waals surface area contributed by atoms with E-state index in [0.717, 1.165) is 5.56 Å². The Kier molecular flexibility index (Phi) is 4.78. The molecule has 0 aliphatic heterocycles. The molecule has 0 atom stereocenters. The summed E-state index contributed by atoms with van der Waals surface area (Å²) in [7, 11) is 0. The number of aryl methyl sites for hydroxylation is 1. The third-order valence-electron chi connectivity index (χ3n) is 2.07. The molecule has 92 valence electrons. The van der Waals surface area contributed by atoms with Crippen LogP contribution in [0.25, 0.3) is 0 Å². The van der Waals surface area contributed by atoms with E-state index in [1.54, 1.807) is 12.1 Å². The lowest BCUT2D eigenvalue weighted by Crippen LogP contribution is -2.29. The Morgan fingerprint density at radius 1 is 1.47 bits per heavy atom. The minimum Gasteiger partial charge on any atom is -0.448 e. The van der Waals surface area contributed by atoms with Gasteiger partial charge in [-0.15, -0.1) is 0 Å². The molecule has 3 N–H and O–H groups in total. The van der Waals surface area contributed by atoms with Crippen molar-refractivity contribution < 1.29 is 14.3 Å². The first-order chi connectivity index (χ1) is 8.02. The summed E-state index contributed by atoms with van der Waals surface area (Å²) in [5.74, 6) is -0.313. The molecule has 0 aliphatic rings. The van der Waals surface area contributed by atoms with Gasteiger partial charge in [0.05, 0.1) is 17.1 Å². The largest absolute Gasteiger partial charge is 0.448 e. The summed E-state index contributed by atoms with van der Waals surface area (Å²) in [4.78, 5) is 22.0. The van der Waals surface area contributed by atoms with Gasteiger partial charge in [0, 0.05) is 0 Å². The molecule has 5 nitrogen and oxygen atoms in total. The van der Waals surface area contributed by atoms with Crippen LogP contribution in [0.3, 0.4) is 0 Å². The molecular weight excluding hydrogens is 244 g/mol. The average molecular weight is 257 g/mol. The van der Waals surface area contributed by atoms with Crippen molar-refractivity contribution in [1.29, 1.82) is 0 Å². The predicted octanol–water partition coefficient (Wildman–Crippen LogP) is 1.47. The fourth-order valence-corrected chi connectivity index (χ4v) is 1.45. The second kappa shape index (κ2) is 6.10. The molecule has 0 aliphatic carbocycles. The molecule has 0 heterocycles. The van der Waals surface area contributed by atoms with Gasteiger partial charge in [0.2, 0.25) is 0 Å². The fourth-order valence-electron chi connectivity index (χ4n) is 1.23. The zero-order valence-electron chi connectivity index (χ0n) is 9.33. The summed E-state index contributed by atoms with van der Waals surface area (Å²) in [6, 6.07) is 5.19. The SMILES string of the molecule is Cc1cccc(C(=O)NCCOC(N)=O)c1Cl. The summed E-state index contributed by atoms with van der Waals surface area (Å²) in [6.07, 6.45) is -0.868. The molecule has 1 aromatic rings. The van der Waals surface area contributed by atoms with Gasteiger partial charge in [0.15, 0.2) is 0 Å². The smallest absolute Gasteiger partial charge is 0.404 e. The van der Waals surface area contributed by atoms with E-state index in [9.17, 15) is 9.59 Å². The molecule has 0 aromatic heterocycles. The van der Waals surface area contributed by atoms with Crippen molar-refractivity contribution in [3.05, 3.63) is 34.3 Å². The van der Waals surface area contributed by atoms with E-state index >= 15 is 0 Å². The number of halogens is 1. The maximum Gasteiger partial charge on any atom is 0.404 e. The van der Waals surface area contributed by atoms with Crippen LogP contribution < -0.4 is 11.1 Å². The third kappa shape index (κ3) is 3.96. The number of nitrogens with one attached hydrogen (secondary N) is 1. The second-order valence-electron chi connectivity index (χ2n) is 3.36. The van der Waals surface area contributed by atoms with Gasteiger partial charge < -0.3 is 15.8 Å². The van der Waals surface area contributed by atoms with Crippen molar-refractivity contribution in [3.8, 4) is 0 Å². The van der Waals surface area contributed by atoms with E-state index in [-0.39, 0.29) is 19.1 Å². The van der Waals surface area contributed by atoms with Crippen LogP contribution in [0.2, 0.25) is 5.02 Å². The Labute approximate surface area is 104 Å². The quantitative estimate of drug-likeness (QED) is 0.801. The first kappa shape index (κ1) is 13.3. The lowest BCUT2D eigenvalue weighted by Gasteiger charge is -2.08. The van der Waals surface area contributed by atoms with Crippen LogP contribution in [0, 0.1) is 6.92 Å². The van der Waals surface area contributed by atoms with E-state index in [0.29, 0.717) is 10.6 Å². The van der Waals surface area contributed by atoms with E-state index in [2.05, 4.69) is 10.1 Å². The maximum absolute atomic E-state index is 11.7. The highest BCUT2D eigenvalue weighted by Gasteiger charge is 2.10. The summed E-state index contributed by atoms with van der Waals surface area (Å²) >= 11 is 5.99. The topological polar surface area (TPSA) is 81.4 Å². The highest BCUT2D eigenvalue weighted by Crippen LogP contribution is 2.19. The number of hydrogen-bond donors (Lipinski definition) is 2. The molecule has 17 heavy (non-hydrogen) atoms. The van der Waals surface area contributed by atoms with Gasteiger partial charge in [-0.2, -0.15) is 0 Å². The minimum absolute atomic E-state index is 0.0323. The predicted molar refractivity (Wildman–Crippen MR) is 64.1 cm³/mol. The Bertz CT molecular complexity index is 435. The summed E-state index contributed by atoms with van der Waals surface area (Å²) in [6.45, 7) is 2.03. The van der Waals surface area contributed by atoms with Crippen LogP contribution in [-0.2, 0) is 4.74 Å². The standard InChI is InChI=1S/C11H13ClN2O3/c1-7-3-2-4-8(9(7)12)10(15)14-5-6-17-11(13)16/h2-4H,5-6H2,1H3,(H2,13,16)(H,14,15). The monoisotopic (exact) mass is 256 g/mol.